The van der Waals surface area contributed by atoms with Crippen molar-refractivity contribution in [2.45, 2.75) is 25.3 Å². The molecule has 1 aromatic carbocycles. The number of fused-ring (bicyclic) bond motifs is 4. The fraction of sp³-hybridized carbons (Fsp3) is 0.400. The van der Waals surface area contributed by atoms with Gasteiger partial charge in [-0.1, -0.05) is 12.1 Å². The van der Waals surface area contributed by atoms with E-state index in [1.807, 2.05) is 4.90 Å². The molecule has 2 saturated heterocycles. The lowest BCUT2D eigenvalue weighted by Gasteiger charge is -2.47. The van der Waals surface area contributed by atoms with E-state index in [0.717, 1.165) is 6.42 Å². The monoisotopic (exact) mass is 303 g/mol. The Hall–Kier alpha value is -2.44. The molecule has 4 amide bonds. The van der Waals surface area contributed by atoms with E-state index in [-0.39, 0.29) is 12.2 Å². The highest BCUT2D eigenvalue weighted by atomic mass is 19.1. The highest BCUT2D eigenvalue weighted by Gasteiger charge is 2.60. The van der Waals surface area contributed by atoms with Gasteiger partial charge in [0.15, 0.2) is 5.41 Å². The quantitative estimate of drug-likeness (QED) is 0.692. The molecule has 3 heterocycles. The van der Waals surface area contributed by atoms with E-state index >= 15 is 0 Å². The predicted octanol–water partition coefficient (Wildman–Crippen LogP) is 0.703. The molecule has 6 nitrogen and oxygen atoms in total. The van der Waals surface area contributed by atoms with Crippen molar-refractivity contribution in [1.29, 1.82) is 0 Å². The number of hydrogen-bond donors (Lipinski definition) is 2. The Bertz CT molecular complexity index is 698. The third-order valence-corrected chi connectivity index (χ3v) is 4.91. The molecule has 114 valence electrons. The summed E-state index contributed by atoms with van der Waals surface area (Å²) in [6, 6.07) is 3.46. The Kier molecular flexibility index (Phi) is 2.58. The second-order valence-corrected chi connectivity index (χ2v) is 5.98. The van der Waals surface area contributed by atoms with Gasteiger partial charge in [-0.2, -0.15) is 0 Å². The van der Waals surface area contributed by atoms with E-state index in [9.17, 15) is 18.8 Å². The largest absolute Gasteiger partial charge is 0.364 e. The average molecular weight is 303 g/mol. The van der Waals surface area contributed by atoms with Gasteiger partial charge in [-0.3, -0.25) is 20.2 Å². The number of para-hydroxylation sites is 1. The second kappa shape index (κ2) is 4.28. The summed E-state index contributed by atoms with van der Waals surface area (Å²) < 4.78 is 14.2. The smallest absolute Gasteiger partial charge is 0.328 e. The summed E-state index contributed by atoms with van der Waals surface area (Å²) in [4.78, 5) is 38.2. The van der Waals surface area contributed by atoms with Crippen LogP contribution >= 0.6 is 0 Å². The fourth-order valence-corrected chi connectivity index (χ4v) is 4.02. The van der Waals surface area contributed by atoms with Gasteiger partial charge in [0.25, 0.3) is 0 Å². The third-order valence-electron chi connectivity index (χ3n) is 4.91. The van der Waals surface area contributed by atoms with Crippen molar-refractivity contribution < 1.29 is 18.8 Å². The maximum absolute atomic E-state index is 14.2. The van der Waals surface area contributed by atoms with Crippen molar-refractivity contribution in [3.63, 3.8) is 0 Å². The van der Waals surface area contributed by atoms with Crippen molar-refractivity contribution >= 4 is 23.5 Å². The summed E-state index contributed by atoms with van der Waals surface area (Å²) in [5, 5.41) is 4.40. The van der Waals surface area contributed by atoms with Gasteiger partial charge >= 0.3 is 6.03 Å². The van der Waals surface area contributed by atoms with Crippen molar-refractivity contribution in [2.24, 2.45) is 5.41 Å². The number of barbiturate groups is 1. The first-order chi connectivity index (χ1) is 10.5. The molecule has 2 fully saturated rings. The van der Waals surface area contributed by atoms with Gasteiger partial charge in [0.2, 0.25) is 11.8 Å². The number of imide groups is 2. The van der Waals surface area contributed by atoms with Gasteiger partial charge in [-0.05, 0) is 30.9 Å². The third kappa shape index (κ3) is 1.51. The van der Waals surface area contributed by atoms with Crippen molar-refractivity contribution in [1.82, 2.24) is 10.6 Å². The van der Waals surface area contributed by atoms with Crippen LogP contribution in [0.1, 0.15) is 18.4 Å². The number of amides is 4. The van der Waals surface area contributed by atoms with Crippen LogP contribution in [-0.4, -0.2) is 30.4 Å². The highest BCUT2D eigenvalue weighted by Crippen LogP contribution is 2.47. The normalized spacial score (nSPS) is 25.6. The maximum atomic E-state index is 14.2. The van der Waals surface area contributed by atoms with Gasteiger partial charge in [-0.25, -0.2) is 9.18 Å². The Balaban J connectivity index is 1.90. The molecule has 1 atom stereocenters. The summed E-state index contributed by atoms with van der Waals surface area (Å²) in [6.45, 7) is 0.592. The molecule has 0 radical (unpaired) electrons. The lowest BCUT2D eigenvalue weighted by atomic mass is 9.69. The number of benzene rings is 1. The summed E-state index contributed by atoms with van der Waals surface area (Å²) in [7, 11) is 0. The molecule has 0 bridgehead atoms. The molecule has 0 saturated carbocycles. The minimum atomic E-state index is -1.37. The zero-order valence-electron chi connectivity index (χ0n) is 11.7. The van der Waals surface area contributed by atoms with Crippen LogP contribution in [0.25, 0.3) is 0 Å². The molecule has 1 spiro atoms. The summed E-state index contributed by atoms with van der Waals surface area (Å²) in [5.74, 6) is -1.52. The van der Waals surface area contributed by atoms with Crippen molar-refractivity contribution in [2.75, 3.05) is 11.4 Å². The van der Waals surface area contributed by atoms with E-state index in [1.54, 1.807) is 12.1 Å². The number of carbonyl (C=O) groups excluding carboxylic acids is 3. The van der Waals surface area contributed by atoms with E-state index in [1.165, 1.54) is 6.07 Å². The Labute approximate surface area is 125 Å². The standard InChI is InChI=1S/C15H14FN3O3/c16-9-4-1-3-8-7-15(10-5-2-6-19(10)11(8)9)12(20)17-14(22)18-13(15)21/h1,3-4,10H,2,5-7H2,(H2,17,18,20,21,22)/t10-/m1/s1. The summed E-state index contributed by atoms with van der Waals surface area (Å²) in [6.07, 6.45) is 1.49. The van der Waals surface area contributed by atoms with Crippen LogP contribution in [0.15, 0.2) is 18.2 Å². The van der Waals surface area contributed by atoms with Crippen molar-refractivity contribution in [3.8, 4) is 0 Å². The SMILES string of the molecule is O=C1NC(=O)C2(Cc3cccc(F)c3N3CCC[C@@H]32)C(=O)N1. The number of nitrogens with one attached hydrogen (secondary N) is 2. The highest BCUT2D eigenvalue weighted by molar-refractivity contribution is 6.20. The second-order valence-electron chi connectivity index (χ2n) is 5.98. The number of halogens is 1. The molecular formula is C15H14FN3O3. The van der Waals surface area contributed by atoms with Crippen LogP contribution < -0.4 is 15.5 Å². The summed E-state index contributed by atoms with van der Waals surface area (Å²) in [5.41, 5.74) is -0.267. The number of anilines is 1. The molecule has 1 aromatic rings. The molecule has 22 heavy (non-hydrogen) atoms. The predicted molar refractivity (Wildman–Crippen MR) is 74.6 cm³/mol. The van der Waals surface area contributed by atoms with Crippen LogP contribution in [0.5, 0.6) is 0 Å². The van der Waals surface area contributed by atoms with Gasteiger partial charge in [0.1, 0.15) is 5.82 Å². The van der Waals surface area contributed by atoms with Crippen LogP contribution in [0.4, 0.5) is 14.9 Å². The van der Waals surface area contributed by atoms with Gasteiger partial charge < -0.3 is 4.90 Å². The van der Waals surface area contributed by atoms with E-state index in [4.69, 9.17) is 0 Å². The zero-order valence-corrected chi connectivity index (χ0v) is 11.7. The minimum absolute atomic E-state index is 0.103. The molecule has 2 N–H and O–H groups in total. The van der Waals surface area contributed by atoms with Crippen LogP contribution in [0.3, 0.4) is 0 Å². The topological polar surface area (TPSA) is 78.5 Å². The first-order valence-corrected chi connectivity index (χ1v) is 7.25. The van der Waals surface area contributed by atoms with Crippen molar-refractivity contribution in [3.05, 3.63) is 29.6 Å². The first kappa shape index (κ1) is 13.2. The Morgan fingerprint density at radius 2 is 1.91 bits per heavy atom. The number of carbonyl (C=O) groups is 3. The number of urea groups is 1. The molecule has 0 aliphatic carbocycles. The molecule has 0 aromatic heterocycles. The fourth-order valence-electron chi connectivity index (χ4n) is 4.02. The van der Waals surface area contributed by atoms with Gasteiger partial charge in [0, 0.05) is 6.54 Å². The lowest BCUT2D eigenvalue weighted by molar-refractivity contribution is -0.146. The molecule has 7 heteroatoms. The number of hydrogen-bond acceptors (Lipinski definition) is 4. The van der Waals surface area contributed by atoms with E-state index < -0.39 is 29.3 Å². The average Bonchev–Trinajstić information content (AvgIpc) is 2.94. The van der Waals surface area contributed by atoms with Gasteiger partial charge in [0.05, 0.1) is 11.7 Å². The van der Waals surface area contributed by atoms with E-state index in [0.29, 0.717) is 24.2 Å². The Morgan fingerprint density at radius 1 is 1.18 bits per heavy atom. The first-order valence-electron chi connectivity index (χ1n) is 7.25. The molecule has 0 unspecified atom stereocenters. The molecule has 3 aliphatic heterocycles. The lowest BCUT2D eigenvalue weighted by Crippen LogP contribution is -2.70. The Morgan fingerprint density at radius 3 is 2.64 bits per heavy atom. The number of rotatable bonds is 0. The molecule has 4 rings (SSSR count). The minimum Gasteiger partial charge on any atom is -0.364 e. The van der Waals surface area contributed by atoms with E-state index in [2.05, 4.69) is 10.6 Å². The summed E-state index contributed by atoms with van der Waals surface area (Å²) >= 11 is 0. The molecule has 3 aliphatic rings. The zero-order chi connectivity index (χ0) is 15.5. The number of nitrogens with zero attached hydrogens (tertiary/aromatic N) is 1. The van der Waals surface area contributed by atoms with Gasteiger partial charge in [-0.15, -0.1) is 0 Å². The van der Waals surface area contributed by atoms with Crippen LogP contribution in [-0.2, 0) is 16.0 Å². The molecular weight excluding hydrogens is 289 g/mol. The maximum Gasteiger partial charge on any atom is 0.328 e. The van der Waals surface area contributed by atoms with Crippen LogP contribution in [0.2, 0.25) is 0 Å². The van der Waals surface area contributed by atoms with Crippen LogP contribution in [0, 0.1) is 11.2 Å².